The van der Waals surface area contributed by atoms with Gasteiger partial charge in [-0.15, -0.1) is 0 Å². The fraction of sp³-hybridized carbons (Fsp3) is 0.389. The van der Waals surface area contributed by atoms with Gasteiger partial charge in [-0.25, -0.2) is 10.4 Å². The van der Waals surface area contributed by atoms with Crippen molar-refractivity contribution in [1.82, 2.24) is 16.0 Å². The van der Waals surface area contributed by atoms with E-state index in [0.29, 0.717) is 6.42 Å². The Bertz CT molecular complexity index is 787. The number of epoxide rings is 1. The lowest BCUT2D eigenvalue weighted by Crippen LogP contribution is -2.54. The van der Waals surface area contributed by atoms with Gasteiger partial charge in [-0.05, 0) is 28.8 Å². The van der Waals surface area contributed by atoms with Crippen LogP contribution in [-0.2, 0) is 16.1 Å². The zero-order chi connectivity index (χ0) is 15.4. The van der Waals surface area contributed by atoms with Crippen LogP contribution in [0.15, 0.2) is 42.5 Å². The van der Waals surface area contributed by atoms with E-state index in [1.807, 2.05) is 0 Å². The van der Waals surface area contributed by atoms with Gasteiger partial charge in [-0.2, -0.15) is 5.53 Å². The van der Waals surface area contributed by atoms with Gasteiger partial charge in [0.2, 0.25) is 0 Å². The van der Waals surface area contributed by atoms with E-state index in [2.05, 4.69) is 58.4 Å². The minimum Gasteiger partial charge on any atom is -0.368 e. The summed E-state index contributed by atoms with van der Waals surface area (Å²) in [6.07, 6.45) is 1.45. The maximum atomic E-state index is 12.2. The van der Waals surface area contributed by atoms with E-state index in [0.717, 1.165) is 19.6 Å². The molecule has 2 aromatic rings. The van der Waals surface area contributed by atoms with Crippen LogP contribution in [0.2, 0.25) is 0 Å². The Morgan fingerprint density at radius 2 is 2.04 bits per heavy atom. The van der Waals surface area contributed by atoms with Crippen LogP contribution in [0.5, 0.6) is 0 Å². The summed E-state index contributed by atoms with van der Waals surface area (Å²) >= 11 is 0. The van der Waals surface area contributed by atoms with Crippen molar-refractivity contribution in [1.29, 1.82) is 0 Å². The van der Waals surface area contributed by atoms with E-state index in [9.17, 15) is 4.79 Å². The molecule has 0 aromatic heterocycles. The van der Waals surface area contributed by atoms with E-state index in [4.69, 9.17) is 4.74 Å². The molecule has 3 fully saturated rings. The average molecular weight is 309 g/mol. The molecule has 1 aliphatic carbocycles. The first-order valence-corrected chi connectivity index (χ1v) is 8.17. The number of benzene rings is 2. The van der Waals surface area contributed by atoms with Crippen LogP contribution in [0.3, 0.4) is 0 Å². The second-order valence-electron chi connectivity index (χ2n) is 6.81. The molecular formula is C18H19N3O2. The number of hydrazine groups is 2. The molecule has 23 heavy (non-hydrogen) atoms. The number of ether oxygens (including phenoxy) is 1. The normalized spacial score (nSPS) is 33.3. The van der Waals surface area contributed by atoms with Crippen molar-refractivity contribution < 1.29 is 9.53 Å². The summed E-state index contributed by atoms with van der Waals surface area (Å²) in [5, 5.41) is 4.63. The molecule has 2 saturated heterocycles. The molecule has 1 spiro atoms. The van der Waals surface area contributed by atoms with Crippen molar-refractivity contribution in [3.63, 3.8) is 0 Å². The fourth-order valence-electron chi connectivity index (χ4n) is 4.04. The minimum absolute atomic E-state index is 0.0789. The van der Waals surface area contributed by atoms with Crippen molar-refractivity contribution in [3.05, 3.63) is 48.0 Å². The maximum absolute atomic E-state index is 12.2. The quantitative estimate of drug-likeness (QED) is 0.824. The minimum atomic E-state index is -0.160. The number of nitrogens with one attached hydrogen (secondary N) is 2. The zero-order valence-electron chi connectivity index (χ0n) is 12.8. The molecule has 5 heteroatoms. The summed E-state index contributed by atoms with van der Waals surface area (Å²) in [7, 11) is 0. The van der Waals surface area contributed by atoms with Crippen LogP contribution in [0.25, 0.3) is 10.8 Å². The van der Waals surface area contributed by atoms with Crippen LogP contribution < -0.4 is 11.0 Å². The highest BCUT2D eigenvalue weighted by Gasteiger charge is 2.62. The van der Waals surface area contributed by atoms with Crippen LogP contribution in [0.4, 0.5) is 0 Å². The van der Waals surface area contributed by atoms with Gasteiger partial charge >= 0.3 is 0 Å². The smallest absolute Gasteiger partial charge is 0.153 e. The van der Waals surface area contributed by atoms with Gasteiger partial charge in [-0.1, -0.05) is 36.4 Å². The lowest BCUT2D eigenvalue weighted by Gasteiger charge is -2.33. The van der Waals surface area contributed by atoms with E-state index in [1.54, 1.807) is 0 Å². The Morgan fingerprint density at radius 1 is 1.22 bits per heavy atom. The number of nitrogens with zero attached hydrogens (tertiary/aromatic N) is 1. The molecule has 0 radical (unpaired) electrons. The van der Waals surface area contributed by atoms with Gasteiger partial charge in [0.25, 0.3) is 0 Å². The van der Waals surface area contributed by atoms with Crippen molar-refractivity contribution in [2.24, 2.45) is 0 Å². The molecule has 118 valence electrons. The van der Waals surface area contributed by atoms with Crippen molar-refractivity contribution in [2.45, 2.75) is 37.1 Å². The van der Waals surface area contributed by atoms with Crippen LogP contribution in [0.1, 0.15) is 18.4 Å². The highest BCUT2D eigenvalue weighted by molar-refractivity contribution is 5.87. The second kappa shape index (κ2) is 4.85. The molecule has 1 saturated carbocycles. The number of carbonyl (C=O) groups excluding carboxylic acids is 1. The third-order valence-corrected chi connectivity index (χ3v) is 5.38. The molecule has 2 heterocycles. The van der Waals surface area contributed by atoms with Crippen LogP contribution in [0, 0.1) is 0 Å². The van der Waals surface area contributed by atoms with Crippen LogP contribution >= 0.6 is 0 Å². The molecule has 0 bridgehead atoms. The first-order valence-electron chi connectivity index (χ1n) is 8.17. The molecule has 2 aliphatic heterocycles. The molecule has 3 unspecified atom stereocenters. The number of fused-ring (bicyclic) bond motifs is 3. The van der Waals surface area contributed by atoms with E-state index in [-0.39, 0.29) is 23.5 Å². The first kappa shape index (κ1) is 13.6. The molecule has 5 rings (SSSR count). The number of Topliss-reactive ketones (excluding diaryl/α,β-unsaturated/α-hetero) is 1. The van der Waals surface area contributed by atoms with Crippen molar-refractivity contribution in [3.8, 4) is 0 Å². The lowest BCUT2D eigenvalue weighted by atomic mass is 9.80. The monoisotopic (exact) mass is 309 g/mol. The maximum Gasteiger partial charge on any atom is 0.153 e. The number of hydrogen-bond donors (Lipinski definition) is 2. The van der Waals surface area contributed by atoms with E-state index < -0.39 is 0 Å². The average Bonchev–Trinajstić information content (AvgIpc) is 3.22. The molecular weight excluding hydrogens is 290 g/mol. The molecule has 2 aromatic carbocycles. The Morgan fingerprint density at radius 3 is 2.87 bits per heavy atom. The Kier molecular flexibility index (Phi) is 2.87. The van der Waals surface area contributed by atoms with E-state index in [1.165, 1.54) is 16.3 Å². The molecule has 0 amide bonds. The molecule has 3 aliphatic rings. The standard InChI is InChI=1S/C18H19N3O2/c22-15-7-8-18(11-23-18)17-16(15)19-20-21(17)10-12-5-6-13-3-1-2-4-14(13)9-12/h1-6,9,16-17,19-20H,7-8,10-11H2. The summed E-state index contributed by atoms with van der Waals surface area (Å²) in [6.45, 7) is 1.51. The van der Waals surface area contributed by atoms with Gasteiger partial charge < -0.3 is 4.74 Å². The van der Waals surface area contributed by atoms with Crippen LogP contribution in [-0.4, -0.2) is 35.1 Å². The molecule has 2 N–H and O–H groups in total. The van der Waals surface area contributed by atoms with Gasteiger partial charge in [0, 0.05) is 13.0 Å². The summed E-state index contributed by atoms with van der Waals surface area (Å²) in [6, 6.07) is 14.8. The summed E-state index contributed by atoms with van der Waals surface area (Å²) in [5.74, 6) is 0.282. The predicted octanol–water partition coefficient (Wildman–Crippen LogP) is 1.53. The molecule has 5 nitrogen and oxygen atoms in total. The Balaban J connectivity index is 1.44. The summed E-state index contributed by atoms with van der Waals surface area (Å²) in [5.41, 5.74) is 7.46. The predicted molar refractivity (Wildman–Crippen MR) is 86.3 cm³/mol. The first-order chi connectivity index (χ1) is 11.3. The number of ketones is 1. The largest absolute Gasteiger partial charge is 0.368 e. The highest BCUT2D eigenvalue weighted by atomic mass is 16.6. The van der Waals surface area contributed by atoms with Gasteiger partial charge in [0.15, 0.2) is 5.78 Å². The topological polar surface area (TPSA) is 56.9 Å². The third kappa shape index (κ3) is 2.12. The number of carbonyl (C=O) groups is 1. The second-order valence-corrected chi connectivity index (χ2v) is 6.81. The fourth-order valence-corrected chi connectivity index (χ4v) is 4.04. The Hall–Kier alpha value is -1.79. The van der Waals surface area contributed by atoms with Crippen molar-refractivity contribution >= 4 is 16.6 Å². The molecule has 3 atom stereocenters. The number of hydrogen-bond acceptors (Lipinski definition) is 5. The zero-order valence-corrected chi connectivity index (χ0v) is 12.8. The third-order valence-electron chi connectivity index (χ3n) is 5.38. The van der Waals surface area contributed by atoms with Gasteiger partial charge in [0.05, 0.1) is 12.6 Å². The SMILES string of the molecule is O=C1CCC2(CO2)C2C1NNN2Cc1ccc2ccccc2c1. The summed E-state index contributed by atoms with van der Waals surface area (Å²) in [4.78, 5) is 12.2. The van der Waals surface area contributed by atoms with Gasteiger partial charge in [-0.3, -0.25) is 4.79 Å². The Labute approximate surface area is 134 Å². The van der Waals surface area contributed by atoms with Crippen molar-refractivity contribution in [2.75, 3.05) is 6.61 Å². The summed E-state index contributed by atoms with van der Waals surface area (Å²) < 4.78 is 5.76. The van der Waals surface area contributed by atoms with E-state index >= 15 is 0 Å². The highest BCUT2D eigenvalue weighted by Crippen LogP contribution is 2.44. The lowest BCUT2D eigenvalue weighted by molar-refractivity contribution is -0.124. The van der Waals surface area contributed by atoms with Gasteiger partial charge in [0.1, 0.15) is 11.6 Å². The number of rotatable bonds is 2.